The number of aliphatic hydroxyl groups excluding tert-OH is 1. The SMILES string of the molecule is C[C@@H](O)[C@@H](C(=O)O)N(C(N)=O)c1ncnc2nc[nH]c12. The zero-order valence-corrected chi connectivity index (χ0v) is 10.4. The number of imidazole rings is 1. The van der Waals surface area contributed by atoms with E-state index in [0.29, 0.717) is 4.90 Å². The summed E-state index contributed by atoms with van der Waals surface area (Å²) >= 11 is 0. The van der Waals surface area contributed by atoms with Gasteiger partial charge in [-0.1, -0.05) is 0 Å². The third-order valence-corrected chi connectivity index (χ3v) is 2.66. The number of amides is 2. The van der Waals surface area contributed by atoms with E-state index in [1.165, 1.54) is 13.3 Å². The third kappa shape index (κ3) is 2.23. The molecule has 0 fully saturated rings. The van der Waals surface area contributed by atoms with Crippen molar-refractivity contribution in [3.05, 3.63) is 12.7 Å². The Labute approximate surface area is 112 Å². The molecule has 0 saturated heterocycles. The summed E-state index contributed by atoms with van der Waals surface area (Å²) in [4.78, 5) is 37.8. The van der Waals surface area contributed by atoms with Gasteiger partial charge in [0, 0.05) is 0 Å². The molecule has 10 nitrogen and oxygen atoms in total. The topological polar surface area (TPSA) is 158 Å². The minimum atomic E-state index is -1.58. The maximum Gasteiger partial charge on any atom is 0.329 e. The standard InChI is InChI=1S/C10H12N6O4/c1-4(17)6(9(18)19)16(10(11)20)8-5-7(13-2-12-5)14-3-15-8/h2-4,6,17H,1H3,(H2,11,20)(H,18,19)(H,12,13,14,15)/t4-,6+/m1/s1. The number of aromatic amines is 1. The summed E-state index contributed by atoms with van der Waals surface area (Å²) in [6, 6.07) is -2.64. The molecule has 0 spiro atoms. The van der Waals surface area contributed by atoms with Crippen molar-refractivity contribution in [3.8, 4) is 0 Å². The molecule has 2 amide bonds. The first-order chi connectivity index (χ1) is 9.43. The number of urea groups is 1. The molecule has 0 aliphatic carbocycles. The number of aromatic nitrogens is 4. The van der Waals surface area contributed by atoms with Crippen LogP contribution in [0.25, 0.3) is 11.2 Å². The van der Waals surface area contributed by atoms with Crippen LogP contribution in [0.1, 0.15) is 6.92 Å². The molecule has 2 rings (SSSR count). The molecule has 20 heavy (non-hydrogen) atoms. The summed E-state index contributed by atoms with van der Waals surface area (Å²) < 4.78 is 0. The highest BCUT2D eigenvalue weighted by molar-refractivity contribution is 6.01. The Hall–Kier alpha value is -2.75. The molecule has 0 bridgehead atoms. The zero-order valence-electron chi connectivity index (χ0n) is 10.4. The molecule has 2 heterocycles. The number of H-pyrrole nitrogens is 1. The zero-order chi connectivity index (χ0) is 14.9. The quantitative estimate of drug-likeness (QED) is 0.563. The minimum absolute atomic E-state index is 0.0618. The lowest BCUT2D eigenvalue weighted by molar-refractivity contribution is -0.140. The van der Waals surface area contributed by atoms with Crippen LogP contribution in [0.15, 0.2) is 12.7 Å². The second-order valence-corrected chi connectivity index (χ2v) is 4.03. The highest BCUT2D eigenvalue weighted by Gasteiger charge is 2.36. The van der Waals surface area contributed by atoms with Gasteiger partial charge in [-0.05, 0) is 6.92 Å². The van der Waals surface area contributed by atoms with Crippen LogP contribution < -0.4 is 10.6 Å². The van der Waals surface area contributed by atoms with Crippen molar-refractivity contribution in [2.24, 2.45) is 5.73 Å². The number of nitrogens with one attached hydrogen (secondary N) is 1. The van der Waals surface area contributed by atoms with Gasteiger partial charge >= 0.3 is 12.0 Å². The number of carboxylic acids is 1. The number of aliphatic carboxylic acids is 1. The Kier molecular flexibility index (Phi) is 3.48. The molecule has 0 unspecified atom stereocenters. The number of carbonyl (C=O) groups excluding carboxylic acids is 1. The van der Waals surface area contributed by atoms with Gasteiger partial charge in [-0.2, -0.15) is 0 Å². The molecule has 0 saturated carbocycles. The molecule has 0 radical (unpaired) electrons. The second kappa shape index (κ2) is 5.09. The normalized spacial score (nSPS) is 13.9. The third-order valence-electron chi connectivity index (χ3n) is 2.66. The van der Waals surface area contributed by atoms with Gasteiger partial charge in [0.25, 0.3) is 0 Å². The Morgan fingerprint density at radius 2 is 2.10 bits per heavy atom. The van der Waals surface area contributed by atoms with Gasteiger partial charge in [0.05, 0.1) is 12.4 Å². The average Bonchev–Trinajstić information content (AvgIpc) is 2.82. The molecule has 0 aliphatic rings. The molecule has 2 atom stereocenters. The molecule has 0 aromatic carbocycles. The van der Waals surface area contributed by atoms with Crippen molar-refractivity contribution in [2.75, 3.05) is 4.90 Å². The number of fused-ring (bicyclic) bond motifs is 1. The van der Waals surface area contributed by atoms with Gasteiger partial charge in [0.15, 0.2) is 17.5 Å². The number of carbonyl (C=O) groups is 2. The summed E-state index contributed by atoms with van der Waals surface area (Å²) in [5, 5.41) is 18.8. The Bertz CT molecular complexity index is 654. The minimum Gasteiger partial charge on any atom is -0.480 e. The number of hydrogen-bond donors (Lipinski definition) is 4. The molecule has 0 aliphatic heterocycles. The van der Waals surface area contributed by atoms with E-state index in [-0.39, 0.29) is 17.0 Å². The van der Waals surface area contributed by atoms with Crippen molar-refractivity contribution < 1.29 is 19.8 Å². The van der Waals surface area contributed by atoms with Crippen molar-refractivity contribution >= 4 is 29.0 Å². The van der Waals surface area contributed by atoms with Gasteiger partial charge in [-0.15, -0.1) is 0 Å². The molecular formula is C10H12N6O4. The second-order valence-electron chi connectivity index (χ2n) is 4.03. The number of hydrogen-bond acceptors (Lipinski definition) is 6. The van der Waals surface area contributed by atoms with Crippen molar-refractivity contribution in [3.63, 3.8) is 0 Å². The Balaban J connectivity index is 2.61. The number of aliphatic hydroxyl groups is 1. The van der Waals surface area contributed by atoms with E-state index >= 15 is 0 Å². The Morgan fingerprint density at radius 3 is 2.65 bits per heavy atom. The number of primary amides is 1. The molecule has 5 N–H and O–H groups in total. The van der Waals surface area contributed by atoms with Crippen LogP contribution >= 0.6 is 0 Å². The summed E-state index contributed by atoms with van der Waals surface area (Å²) in [7, 11) is 0. The summed E-state index contributed by atoms with van der Waals surface area (Å²) in [6.07, 6.45) is 1.09. The molecule has 2 aromatic heterocycles. The smallest absolute Gasteiger partial charge is 0.329 e. The summed E-state index contributed by atoms with van der Waals surface area (Å²) in [6.45, 7) is 1.24. The fourth-order valence-corrected chi connectivity index (χ4v) is 1.84. The Morgan fingerprint density at radius 1 is 1.40 bits per heavy atom. The van der Waals surface area contributed by atoms with Crippen molar-refractivity contribution in [2.45, 2.75) is 19.1 Å². The predicted octanol–water partition coefficient (Wildman–Crippen LogP) is -0.928. The van der Waals surface area contributed by atoms with Gasteiger partial charge in [-0.3, -0.25) is 4.90 Å². The van der Waals surface area contributed by atoms with Crippen LogP contribution in [-0.2, 0) is 4.79 Å². The van der Waals surface area contributed by atoms with Gasteiger partial charge in [0.2, 0.25) is 0 Å². The first-order valence-corrected chi connectivity index (χ1v) is 5.57. The summed E-state index contributed by atoms with van der Waals surface area (Å²) in [5.74, 6) is -1.47. The van der Waals surface area contributed by atoms with Gasteiger partial charge < -0.3 is 20.9 Å². The molecule has 106 valence electrons. The first-order valence-electron chi connectivity index (χ1n) is 5.57. The highest BCUT2D eigenvalue weighted by Crippen LogP contribution is 2.22. The van der Waals surface area contributed by atoms with E-state index in [2.05, 4.69) is 19.9 Å². The maximum absolute atomic E-state index is 11.6. The van der Waals surface area contributed by atoms with E-state index < -0.39 is 24.1 Å². The van der Waals surface area contributed by atoms with Crippen LogP contribution in [0, 0.1) is 0 Å². The van der Waals surface area contributed by atoms with Crippen molar-refractivity contribution in [1.82, 2.24) is 19.9 Å². The lowest BCUT2D eigenvalue weighted by Gasteiger charge is -2.28. The van der Waals surface area contributed by atoms with Gasteiger partial charge in [-0.25, -0.2) is 24.5 Å². The van der Waals surface area contributed by atoms with E-state index in [1.807, 2.05) is 0 Å². The van der Waals surface area contributed by atoms with E-state index in [4.69, 9.17) is 10.8 Å². The molecule has 2 aromatic rings. The predicted molar refractivity (Wildman–Crippen MR) is 66.9 cm³/mol. The van der Waals surface area contributed by atoms with E-state index in [0.717, 1.165) is 6.33 Å². The monoisotopic (exact) mass is 280 g/mol. The number of anilines is 1. The van der Waals surface area contributed by atoms with Crippen LogP contribution in [-0.4, -0.2) is 54.3 Å². The molecule has 10 heteroatoms. The van der Waals surface area contributed by atoms with Crippen LogP contribution in [0.4, 0.5) is 10.6 Å². The lowest BCUT2D eigenvalue weighted by atomic mass is 10.1. The van der Waals surface area contributed by atoms with E-state index in [1.54, 1.807) is 0 Å². The lowest BCUT2D eigenvalue weighted by Crippen LogP contribution is -2.53. The largest absolute Gasteiger partial charge is 0.480 e. The highest BCUT2D eigenvalue weighted by atomic mass is 16.4. The van der Waals surface area contributed by atoms with Crippen LogP contribution in [0.5, 0.6) is 0 Å². The van der Waals surface area contributed by atoms with Crippen LogP contribution in [0.3, 0.4) is 0 Å². The molecular weight excluding hydrogens is 268 g/mol. The fourth-order valence-electron chi connectivity index (χ4n) is 1.84. The number of nitrogens with zero attached hydrogens (tertiary/aromatic N) is 4. The number of carboxylic acid groups (broad SMARTS) is 1. The average molecular weight is 280 g/mol. The maximum atomic E-state index is 11.6. The fraction of sp³-hybridized carbons (Fsp3) is 0.300. The first kappa shape index (κ1) is 13.7. The number of rotatable bonds is 4. The van der Waals surface area contributed by atoms with Crippen molar-refractivity contribution in [1.29, 1.82) is 0 Å². The summed E-state index contributed by atoms with van der Waals surface area (Å²) in [5.41, 5.74) is 5.72. The number of nitrogens with two attached hydrogens (primary N) is 1. The van der Waals surface area contributed by atoms with Gasteiger partial charge in [0.1, 0.15) is 11.8 Å². The van der Waals surface area contributed by atoms with E-state index in [9.17, 15) is 14.7 Å². The van der Waals surface area contributed by atoms with Crippen LogP contribution in [0.2, 0.25) is 0 Å².